The fourth-order valence-electron chi connectivity index (χ4n) is 2.81. The quantitative estimate of drug-likeness (QED) is 0.657. The van der Waals surface area contributed by atoms with Crippen LogP contribution in [-0.2, 0) is 14.3 Å². The third-order valence-electron chi connectivity index (χ3n) is 4.35. The Morgan fingerprint density at radius 3 is 2.44 bits per heavy atom. The highest BCUT2D eigenvalue weighted by atomic mass is 16.5. The highest BCUT2D eigenvalue weighted by Crippen LogP contribution is 2.25. The fraction of sp³-hybridized carbons (Fsp3) is 0.238. The van der Waals surface area contributed by atoms with Crippen LogP contribution in [-0.4, -0.2) is 25.5 Å². The Morgan fingerprint density at radius 2 is 1.74 bits per heavy atom. The minimum absolute atomic E-state index is 0.127. The Labute approximate surface area is 157 Å². The lowest BCUT2D eigenvalue weighted by Crippen LogP contribution is -2.42. The van der Waals surface area contributed by atoms with E-state index in [1.54, 1.807) is 0 Å². The summed E-state index contributed by atoms with van der Waals surface area (Å²) in [6.07, 6.45) is -0.485. The van der Waals surface area contributed by atoms with Gasteiger partial charge >= 0.3 is 11.8 Å². The number of hydrogen-bond acceptors (Lipinski definition) is 4. The Bertz CT molecular complexity index is 887. The second kappa shape index (κ2) is 8.51. The molecule has 0 saturated heterocycles. The standard InChI is InChI=1S/C21H22N2O4/c1-14(15-8-4-3-5-9-15)23-21(25)20(24)22-13-19(26-2)18-12-16-10-6-7-11-17(16)27-18/h3-12,14,19H,13H2,1-2H3,(H,22,24)(H,23,25)/t14-,19+/m1/s1. The third-order valence-corrected chi connectivity index (χ3v) is 4.35. The van der Waals surface area contributed by atoms with Crippen molar-refractivity contribution in [3.8, 4) is 0 Å². The number of ether oxygens (including phenoxy) is 1. The molecule has 0 aliphatic heterocycles. The lowest BCUT2D eigenvalue weighted by atomic mass is 10.1. The van der Waals surface area contributed by atoms with E-state index in [1.165, 1.54) is 7.11 Å². The number of carbonyl (C=O) groups is 2. The molecule has 2 N–H and O–H groups in total. The van der Waals surface area contributed by atoms with Crippen LogP contribution in [0.15, 0.2) is 65.1 Å². The molecular weight excluding hydrogens is 344 g/mol. The van der Waals surface area contributed by atoms with Crippen molar-refractivity contribution in [3.63, 3.8) is 0 Å². The van der Waals surface area contributed by atoms with E-state index in [0.717, 1.165) is 16.5 Å². The number of hydrogen-bond donors (Lipinski definition) is 2. The molecule has 0 aliphatic rings. The number of carbonyl (C=O) groups excluding carboxylic acids is 2. The summed E-state index contributed by atoms with van der Waals surface area (Å²) in [5.74, 6) is -0.807. The molecule has 2 aromatic carbocycles. The smallest absolute Gasteiger partial charge is 0.309 e. The topological polar surface area (TPSA) is 80.6 Å². The number of para-hydroxylation sites is 1. The van der Waals surface area contributed by atoms with Crippen molar-refractivity contribution >= 4 is 22.8 Å². The maximum Gasteiger partial charge on any atom is 0.309 e. The van der Waals surface area contributed by atoms with Crippen molar-refractivity contribution in [1.29, 1.82) is 0 Å². The van der Waals surface area contributed by atoms with E-state index in [4.69, 9.17) is 9.15 Å². The predicted octanol–water partition coefficient (Wildman–Crippen LogP) is 3.11. The van der Waals surface area contributed by atoms with Gasteiger partial charge in [0.15, 0.2) is 0 Å². The molecule has 2 amide bonds. The number of nitrogens with one attached hydrogen (secondary N) is 2. The average molecular weight is 366 g/mol. The summed E-state index contributed by atoms with van der Waals surface area (Å²) in [5.41, 5.74) is 1.67. The third kappa shape index (κ3) is 4.54. The Balaban J connectivity index is 1.57. The molecule has 0 bridgehead atoms. The van der Waals surface area contributed by atoms with Crippen LogP contribution in [0.4, 0.5) is 0 Å². The molecule has 0 aliphatic carbocycles. The van der Waals surface area contributed by atoms with Crippen molar-refractivity contribution in [1.82, 2.24) is 10.6 Å². The van der Waals surface area contributed by atoms with E-state index in [2.05, 4.69) is 10.6 Å². The van der Waals surface area contributed by atoms with Crippen LogP contribution in [0.2, 0.25) is 0 Å². The molecule has 1 aromatic heterocycles. The first-order valence-corrected chi connectivity index (χ1v) is 8.73. The summed E-state index contributed by atoms with van der Waals surface area (Å²) in [4.78, 5) is 24.2. The van der Waals surface area contributed by atoms with E-state index in [0.29, 0.717) is 5.76 Å². The molecule has 2 atom stereocenters. The van der Waals surface area contributed by atoms with Gasteiger partial charge in [-0.3, -0.25) is 9.59 Å². The van der Waals surface area contributed by atoms with E-state index in [9.17, 15) is 9.59 Å². The summed E-state index contributed by atoms with van der Waals surface area (Å²) in [5, 5.41) is 6.23. The van der Waals surface area contributed by atoms with Gasteiger partial charge in [-0.2, -0.15) is 0 Å². The van der Waals surface area contributed by atoms with Crippen LogP contribution in [0.1, 0.15) is 30.4 Å². The molecule has 3 rings (SSSR count). The Kier molecular flexibility index (Phi) is 5.88. The molecule has 1 heterocycles. The molecule has 6 heteroatoms. The zero-order valence-corrected chi connectivity index (χ0v) is 15.3. The largest absolute Gasteiger partial charge is 0.458 e. The van der Waals surface area contributed by atoms with E-state index in [1.807, 2.05) is 67.6 Å². The summed E-state index contributed by atoms with van der Waals surface area (Å²) in [6, 6.07) is 18.7. The maximum atomic E-state index is 12.1. The summed E-state index contributed by atoms with van der Waals surface area (Å²) < 4.78 is 11.2. The fourth-order valence-corrected chi connectivity index (χ4v) is 2.81. The molecule has 0 saturated carbocycles. The molecule has 0 fully saturated rings. The van der Waals surface area contributed by atoms with Crippen molar-refractivity contribution in [2.75, 3.05) is 13.7 Å². The number of fused-ring (bicyclic) bond motifs is 1. The maximum absolute atomic E-state index is 12.1. The number of amides is 2. The molecule has 140 valence electrons. The van der Waals surface area contributed by atoms with Crippen molar-refractivity contribution < 1.29 is 18.7 Å². The van der Waals surface area contributed by atoms with Gasteiger partial charge in [0.25, 0.3) is 0 Å². The van der Waals surface area contributed by atoms with Crippen LogP contribution in [0.3, 0.4) is 0 Å². The van der Waals surface area contributed by atoms with Crippen LogP contribution in [0, 0.1) is 0 Å². The summed E-state index contributed by atoms with van der Waals surface area (Å²) in [7, 11) is 1.53. The monoisotopic (exact) mass is 366 g/mol. The van der Waals surface area contributed by atoms with Gasteiger partial charge in [0.1, 0.15) is 17.4 Å². The van der Waals surface area contributed by atoms with Gasteiger partial charge in [0, 0.05) is 12.5 Å². The van der Waals surface area contributed by atoms with E-state index in [-0.39, 0.29) is 12.6 Å². The first-order valence-electron chi connectivity index (χ1n) is 8.73. The van der Waals surface area contributed by atoms with E-state index >= 15 is 0 Å². The first-order chi connectivity index (χ1) is 13.1. The van der Waals surface area contributed by atoms with Gasteiger partial charge in [0.05, 0.1) is 12.6 Å². The van der Waals surface area contributed by atoms with Gasteiger partial charge in [-0.1, -0.05) is 48.5 Å². The van der Waals surface area contributed by atoms with Gasteiger partial charge in [-0.05, 0) is 24.6 Å². The van der Waals surface area contributed by atoms with Gasteiger partial charge < -0.3 is 19.8 Å². The Hall–Kier alpha value is -3.12. The first kappa shape index (κ1) is 18.7. The molecular formula is C21H22N2O4. The highest BCUT2D eigenvalue weighted by Gasteiger charge is 2.21. The number of methoxy groups -OCH3 is 1. The second-order valence-corrected chi connectivity index (χ2v) is 6.23. The van der Waals surface area contributed by atoms with Crippen LogP contribution in [0.5, 0.6) is 0 Å². The molecule has 27 heavy (non-hydrogen) atoms. The normalized spacial score (nSPS) is 13.1. The molecule has 0 unspecified atom stereocenters. The average Bonchev–Trinajstić information content (AvgIpc) is 3.12. The van der Waals surface area contributed by atoms with E-state index < -0.39 is 17.9 Å². The lowest BCUT2D eigenvalue weighted by molar-refractivity contribution is -0.139. The molecule has 0 spiro atoms. The number of benzene rings is 2. The highest BCUT2D eigenvalue weighted by molar-refractivity contribution is 6.35. The number of rotatable bonds is 6. The van der Waals surface area contributed by atoms with Gasteiger partial charge in [-0.25, -0.2) is 0 Å². The SMILES string of the molecule is CO[C@@H](CNC(=O)C(=O)N[C@H](C)c1ccccc1)c1cc2ccccc2o1. The zero-order valence-electron chi connectivity index (χ0n) is 15.3. The van der Waals surface area contributed by atoms with Crippen LogP contribution >= 0.6 is 0 Å². The minimum atomic E-state index is -0.712. The van der Waals surface area contributed by atoms with Crippen molar-refractivity contribution in [2.45, 2.75) is 19.1 Å². The zero-order chi connectivity index (χ0) is 19.2. The summed E-state index contributed by atoms with van der Waals surface area (Å²) >= 11 is 0. The number of furan rings is 1. The second-order valence-electron chi connectivity index (χ2n) is 6.23. The van der Waals surface area contributed by atoms with Crippen LogP contribution in [0.25, 0.3) is 11.0 Å². The summed E-state index contributed by atoms with van der Waals surface area (Å²) in [6.45, 7) is 1.95. The molecule has 0 radical (unpaired) electrons. The Morgan fingerprint density at radius 1 is 1.04 bits per heavy atom. The van der Waals surface area contributed by atoms with Gasteiger partial charge in [-0.15, -0.1) is 0 Å². The molecule has 3 aromatic rings. The van der Waals surface area contributed by atoms with Crippen LogP contribution < -0.4 is 10.6 Å². The van der Waals surface area contributed by atoms with Gasteiger partial charge in [0.2, 0.25) is 0 Å². The minimum Gasteiger partial charge on any atom is -0.458 e. The molecule has 6 nitrogen and oxygen atoms in total. The lowest BCUT2D eigenvalue weighted by Gasteiger charge is -2.16. The predicted molar refractivity (Wildman–Crippen MR) is 102 cm³/mol. The van der Waals surface area contributed by atoms with Crippen molar-refractivity contribution in [3.05, 3.63) is 72.0 Å². The van der Waals surface area contributed by atoms with Crippen molar-refractivity contribution in [2.24, 2.45) is 0 Å².